The molecule has 134 valence electrons. The van der Waals surface area contributed by atoms with Crippen molar-refractivity contribution in [3.8, 4) is 11.5 Å². The lowest BCUT2D eigenvalue weighted by Gasteiger charge is -2.16. The van der Waals surface area contributed by atoms with E-state index in [1.165, 1.54) is 13.2 Å². The molecule has 0 aliphatic rings. The van der Waals surface area contributed by atoms with E-state index in [0.29, 0.717) is 23.5 Å². The molecule has 0 amide bonds. The molecule has 4 nitrogen and oxygen atoms in total. The smallest absolute Gasteiger partial charge is 0.488 e. The number of carbonyl (C=O) groups is 1. The minimum absolute atomic E-state index is 0.164. The van der Waals surface area contributed by atoms with Gasteiger partial charge in [-0.1, -0.05) is 26.0 Å². The van der Waals surface area contributed by atoms with Crippen molar-refractivity contribution in [2.75, 3.05) is 7.11 Å². The average Bonchev–Trinajstić information content (AvgIpc) is 2.61. The van der Waals surface area contributed by atoms with E-state index in [0.717, 1.165) is 23.1 Å². The molecular weight excluding hydrogens is 323 g/mol. The maximum atomic E-state index is 14.1. The molecule has 0 heterocycles. The summed E-state index contributed by atoms with van der Waals surface area (Å²) in [6, 6.07) is 8.61. The Morgan fingerprint density at radius 3 is 2.44 bits per heavy atom. The van der Waals surface area contributed by atoms with Crippen molar-refractivity contribution in [3.63, 3.8) is 0 Å². The van der Waals surface area contributed by atoms with Gasteiger partial charge < -0.3 is 14.2 Å². The second kappa shape index (κ2) is 8.51. The summed E-state index contributed by atoms with van der Waals surface area (Å²) in [6.07, 6.45) is 0.579. The first-order valence-electron chi connectivity index (χ1n) is 8.28. The van der Waals surface area contributed by atoms with E-state index < -0.39 is 6.16 Å². The third-order valence-electron chi connectivity index (χ3n) is 4.09. The van der Waals surface area contributed by atoms with Crippen molar-refractivity contribution in [1.82, 2.24) is 0 Å². The first-order valence-corrected chi connectivity index (χ1v) is 8.28. The van der Waals surface area contributed by atoms with Crippen LogP contribution in [0.2, 0.25) is 0 Å². The first-order chi connectivity index (χ1) is 12.0. The van der Waals surface area contributed by atoms with Gasteiger partial charge >= 0.3 is 6.16 Å². The molecule has 0 aromatic heterocycles. The van der Waals surface area contributed by atoms with Crippen LogP contribution in [-0.2, 0) is 24.2 Å². The van der Waals surface area contributed by atoms with Gasteiger partial charge in [0.15, 0.2) is 0 Å². The van der Waals surface area contributed by atoms with Crippen molar-refractivity contribution in [1.29, 1.82) is 0 Å². The van der Waals surface area contributed by atoms with Crippen molar-refractivity contribution in [2.24, 2.45) is 0 Å². The van der Waals surface area contributed by atoms with Crippen molar-refractivity contribution in [2.45, 2.75) is 40.2 Å². The molecule has 0 unspecified atom stereocenters. The third kappa shape index (κ3) is 4.50. The lowest BCUT2D eigenvalue weighted by molar-refractivity contribution is 0.120. The Bertz CT molecular complexity index is 756. The number of carbonyl (C=O) groups excluding carboxylic acids is 1. The lowest BCUT2D eigenvalue weighted by atomic mass is 10.0. The van der Waals surface area contributed by atoms with E-state index in [1.54, 1.807) is 12.1 Å². The van der Waals surface area contributed by atoms with Crippen molar-refractivity contribution < 1.29 is 23.4 Å². The van der Waals surface area contributed by atoms with E-state index in [-0.39, 0.29) is 12.4 Å². The first kappa shape index (κ1) is 18.8. The summed E-state index contributed by atoms with van der Waals surface area (Å²) >= 11 is 0. The van der Waals surface area contributed by atoms with E-state index in [9.17, 15) is 9.18 Å². The zero-order valence-electron chi connectivity index (χ0n) is 15.0. The Morgan fingerprint density at radius 1 is 1.08 bits per heavy atom. The molecule has 2 aromatic carbocycles. The molecule has 0 N–H and O–H groups in total. The molecule has 0 aliphatic heterocycles. The molecule has 2 rings (SSSR count). The predicted octanol–water partition coefficient (Wildman–Crippen LogP) is 4.98. The fraction of sp³-hybridized carbons (Fsp3) is 0.350. The fourth-order valence-corrected chi connectivity index (χ4v) is 2.57. The van der Waals surface area contributed by atoms with Crippen LogP contribution < -0.4 is 9.47 Å². The highest BCUT2D eigenvalue weighted by Crippen LogP contribution is 2.28. The Labute approximate surface area is 147 Å². The van der Waals surface area contributed by atoms with Gasteiger partial charge in [-0.2, -0.15) is 0 Å². The van der Waals surface area contributed by atoms with Crippen LogP contribution in [0.1, 0.15) is 36.1 Å². The van der Waals surface area contributed by atoms with Gasteiger partial charge in [0.2, 0.25) is 0 Å². The van der Waals surface area contributed by atoms with E-state index in [4.69, 9.17) is 9.47 Å². The maximum absolute atomic E-state index is 14.1. The van der Waals surface area contributed by atoms with Crippen LogP contribution in [0.15, 0.2) is 30.3 Å². The Balaban J connectivity index is 2.27. The van der Waals surface area contributed by atoms with Crippen LogP contribution in [0.4, 0.5) is 9.18 Å². The number of aryl methyl sites for hydroxylation is 3. The molecule has 25 heavy (non-hydrogen) atoms. The Morgan fingerprint density at radius 2 is 1.80 bits per heavy atom. The van der Waals surface area contributed by atoms with Crippen LogP contribution in [-0.4, -0.2) is 13.3 Å². The molecule has 0 aliphatic carbocycles. The molecule has 0 saturated heterocycles. The van der Waals surface area contributed by atoms with Crippen LogP contribution in [0.5, 0.6) is 11.5 Å². The number of hydrogen-bond donors (Lipinski definition) is 0. The number of ether oxygens (including phenoxy) is 3. The number of benzene rings is 2. The number of halogens is 1. The van der Waals surface area contributed by atoms with Crippen LogP contribution in [0, 0.1) is 12.7 Å². The van der Waals surface area contributed by atoms with E-state index in [2.05, 4.69) is 4.74 Å². The van der Waals surface area contributed by atoms with Gasteiger partial charge in [0.25, 0.3) is 0 Å². The topological polar surface area (TPSA) is 44.8 Å². The highest BCUT2D eigenvalue weighted by Gasteiger charge is 2.14. The third-order valence-corrected chi connectivity index (χ3v) is 4.09. The summed E-state index contributed by atoms with van der Waals surface area (Å²) in [4.78, 5) is 11.4. The summed E-state index contributed by atoms with van der Waals surface area (Å²) < 4.78 is 29.7. The minimum atomic E-state index is -0.792. The van der Waals surface area contributed by atoms with Crippen molar-refractivity contribution in [3.05, 3.63) is 58.4 Å². The predicted molar refractivity (Wildman–Crippen MR) is 93.7 cm³/mol. The summed E-state index contributed by atoms with van der Waals surface area (Å²) in [7, 11) is 1.25. The molecule has 2 aromatic rings. The monoisotopic (exact) mass is 346 g/mol. The van der Waals surface area contributed by atoms with Gasteiger partial charge in [-0.15, -0.1) is 0 Å². The van der Waals surface area contributed by atoms with Gasteiger partial charge in [-0.3, -0.25) is 0 Å². The number of methoxy groups -OCH3 is 1. The van der Waals surface area contributed by atoms with Crippen LogP contribution in [0.3, 0.4) is 0 Å². The molecule has 0 atom stereocenters. The molecule has 0 radical (unpaired) electrons. The van der Waals surface area contributed by atoms with Gasteiger partial charge in [-0.05, 0) is 48.6 Å². The molecule has 0 spiro atoms. The second-order valence-electron chi connectivity index (χ2n) is 5.65. The molecule has 0 bridgehead atoms. The Hall–Kier alpha value is -2.56. The normalized spacial score (nSPS) is 10.4. The highest BCUT2D eigenvalue weighted by atomic mass is 19.1. The molecular formula is C20H23FO4. The largest absolute Gasteiger partial charge is 0.513 e. The quantitative estimate of drug-likeness (QED) is 0.546. The summed E-state index contributed by atoms with van der Waals surface area (Å²) in [6.45, 7) is 5.97. The molecule has 5 heteroatoms. The molecule has 0 fully saturated rings. The zero-order valence-corrected chi connectivity index (χ0v) is 15.0. The van der Waals surface area contributed by atoms with E-state index >= 15 is 0 Å². The SMILES string of the molecule is CCc1cc(CC)c(OCc2c(C)cccc2OC(=O)OC)cc1F. The highest BCUT2D eigenvalue weighted by molar-refractivity contribution is 5.64. The van der Waals surface area contributed by atoms with Gasteiger partial charge in [-0.25, -0.2) is 9.18 Å². The van der Waals surface area contributed by atoms with E-state index in [1.807, 2.05) is 32.9 Å². The Kier molecular flexibility index (Phi) is 6.39. The average molecular weight is 346 g/mol. The fourth-order valence-electron chi connectivity index (χ4n) is 2.57. The van der Waals surface area contributed by atoms with Crippen LogP contribution in [0.25, 0.3) is 0 Å². The van der Waals surface area contributed by atoms with Crippen LogP contribution >= 0.6 is 0 Å². The van der Waals surface area contributed by atoms with Gasteiger partial charge in [0.05, 0.1) is 7.11 Å². The number of hydrogen-bond acceptors (Lipinski definition) is 4. The summed E-state index contributed by atoms with van der Waals surface area (Å²) in [5, 5.41) is 0. The minimum Gasteiger partial charge on any atom is -0.488 e. The lowest BCUT2D eigenvalue weighted by Crippen LogP contribution is -2.11. The van der Waals surface area contributed by atoms with Gasteiger partial charge in [0, 0.05) is 11.6 Å². The molecule has 0 saturated carbocycles. The summed E-state index contributed by atoms with van der Waals surface area (Å²) in [5.41, 5.74) is 3.25. The second-order valence-corrected chi connectivity index (χ2v) is 5.65. The van der Waals surface area contributed by atoms with Gasteiger partial charge in [0.1, 0.15) is 23.9 Å². The summed E-state index contributed by atoms with van der Waals surface area (Å²) in [5.74, 6) is 0.602. The standard InChI is InChI=1S/C20H23FO4/c1-5-14-10-15(6-2)19(11-17(14)21)24-12-16-13(3)8-7-9-18(16)25-20(22)23-4/h7-11H,5-6,12H2,1-4H3. The maximum Gasteiger partial charge on any atom is 0.513 e. The number of rotatable bonds is 6. The zero-order chi connectivity index (χ0) is 18.4. The van der Waals surface area contributed by atoms with Crippen molar-refractivity contribution >= 4 is 6.16 Å².